The molecule has 1 aliphatic heterocycles. The van der Waals surface area contributed by atoms with Gasteiger partial charge in [-0.25, -0.2) is 0 Å². The maximum Gasteiger partial charge on any atom is 0.305 e. The summed E-state index contributed by atoms with van der Waals surface area (Å²) in [7, 11) is 0. The molecule has 29 heavy (non-hydrogen) atoms. The first kappa shape index (κ1) is 20.7. The number of aryl methyl sites for hydroxylation is 1. The van der Waals surface area contributed by atoms with Gasteiger partial charge in [-0.15, -0.1) is 0 Å². The number of thioether (sulfide) groups is 1. The molecule has 1 amide bonds. The van der Waals surface area contributed by atoms with Crippen molar-refractivity contribution in [1.29, 1.82) is 0 Å². The number of carboxylic acid groups (broad SMARTS) is 1. The highest BCUT2D eigenvalue weighted by Crippen LogP contribution is 2.34. The van der Waals surface area contributed by atoms with Gasteiger partial charge in [-0.1, -0.05) is 30.0 Å². The summed E-state index contributed by atoms with van der Waals surface area (Å²) in [5.74, 6) is -1.31. The van der Waals surface area contributed by atoms with E-state index >= 15 is 0 Å². The van der Waals surface area contributed by atoms with Crippen molar-refractivity contribution >= 4 is 51.9 Å². The molecule has 0 atom stereocenters. The number of thiocarbonyl (C=S) groups is 1. The number of carbonyl (C=O) groups excluding carboxylic acids is 1. The molecule has 1 aromatic carbocycles. The van der Waals surface area contributed by atoms with Crippen LogP contribution in [0, 0.1) is 24.0 Å². The zero-order valence-corrected chi connectivity index (χ0v) is 17.2. The zero-order valence-electron chi connectivity index (χ0n) is 15.6. The van der Waals surface area contributed by atoms with Crippen molar-refractivity contribution in [3.05, 3.63) is 62.3 Å². The predicted octanol–water partition coefficient (Wildman–Crippen LogP) is 3.68. The van der Waals surface area contributed by atoms with E-state index in [2.05, 4.69) is 0 Å². The van der Waals surface area contributed by atoms with Crippen LogP contribution in [0.5, 0.6) is 0 Å². The summed E-state index contributed by atoms with van der Waals surface area (Å²) in [4.78, 5) is 35.7. The average molecular weight is 431 g/mol. The van der Waals surface area contributed by atoms with Gasteiger partial charge >= 0.3 is 5.97 Å². The molecule has 2 heterocycles. The number of aromatic nitrogens is 1. The van der Waals surface area contributed by atoms with E-state index in [9.17, 15) is 19.7 Å². The Balaban J connectivity index is 1.94. The summed E-state index contributed by atoms with van der Waals surface area (Å²) in [6.07, 6.45) is 1.54. The molecule has 0 saturated carbocycles. The number of nitrogens with zero attached hydrogens (tertiary/aromatic N) is 3. The van der Waals surface area contributed by atoms with Crippen LogP contribution in [0.3, 0.4) is 0 Å². The molecule has 0 bridgehead atoms. The molecule has 0 radical (unpaired) electrons. The molecule has 1 N–H and O–H groups in total. The third-order valence-corrected chi connectivity index (χ3v) is 5.86. The standard InChI is InChI=1S/C19H17N3O5S2/c1-11-8-13(9-16-18(25)20(19(28)29-16)7-6-17(23)24)12(2)21(11)14-4-3-5-15(10-14)22(26)27/h3-5,8-10H,6-7H2,1-2H3,(H,23,24)/b16-9-. The topological polar surface area (TPSA) is 106 Å². The largest absolute Gasteiger partial charge is 0.481 e. The van der Waals surface area contributed by atoms with Gasteiger partial charge < -0.3 is 9.67 Å². The number of amides is 1. The molecule has 1 saturated heterocycles. The van der Waals surface area contributed by atoms with Crippen molar-refractivity contribution < 1.29 is 19.6 Å². The highest BCUT2D eigenvalue weighted by molar-refractivity contribution is 8.26. The lowest BCUT2D eigenvalue weighted by atomic mass is 10.2. The van der Waals surface area contributed by atoms with Crippen molar-refractivity contribution in [2.75, 3.05) is 6.54 Å². The summed E-state index contributed by atoms with van der Waals surface area (Å²) in [6.45, 7) is 3.77. The molecule has 10 heteroatoms. The Morgan fingerprint density at radius 1 is 1.34 bits per heavy atom. The van der Waals surface area contributed by atoms with Gasteiger partial charge in [0.25, 0.3) is 11.6 Å². The minimum atomic E-state index is -0.997. The highest BCUT2D eigenvalue weighted by atomic mass is 32.2. The van der Waals surface area contributed by atoms with Gasteiger partial charge in [0.15, 0.2) is 0 Å². The summed E-state index contributed by atoms with van der Waals surface area (Å²) in [5, 5.41) is 19.9. The minimum Gasteiger partial charge on any atom is -0.481 e. The quantitative estimate of drug-likeness (QED) is 0.322. The van der Waals surface area contributed by atoms with Crippen LogP contribution in [0.1, 0.15) is 23.4 Å². The third-order valence-electron chi connectivity index (χ3n) is 4.48. The van der Waals surface area contributed by atoms with E-state index in [0.717, 1.165) is 28.7 Å². The van der Waals surface area contributed by atoms with Crippen molar-refractivity contribution in [3.8, 4) is 5.69 Å². The number of aliphatic carboxylic acids is 1. The van der Waals surface area contributed by atoms with Gasteiger partial charge in [-0.2, -0.15) is 0 Å². The molecule has 1 aliphatic rings. The Kier molecular flexibility index (Phi) is 5.85. The molecule has 2 aromatic rings. The van der Waals surface area contributed by atoms with Gasteiger partial charge in [0.05, 0.1) is 21.9 Å². The summed E-state index contributed by atoms with van der Waals surface area (Å²) >= 11 is 6.34. The molecule has 3 rings (SSSR count). The second kappa shape index (κ2) is 8.18. The van der Waals surface area contributed by atoms with Crippen LogP contribution in [-0.2, 0) is 9.59 Å². The SMILES string of the molecule is Cc1cc(/C=C2\SC(=S)N(CCC(=O)O)C2=O)c(C)n1-c1cccc([N+](=O)[O-])c1. The predicted molar refractivity (Wildman–Crippen MR) is 114 cm³/mol. The number of carboxylic acids is 1. The van der Waals surface area contributed by atoms with Crippen LogP contribution in [0.2, 0.25) is 0 Å². The Morgan fingerprint density at radius 2 is 2.07 bits per heavy atom. The lowest BCUT2D eigenvalue weighted by Gasteiger charge is -2.12. The van der Waals surface area contributed by atoms with Crippen molar-refractivity contribution in [3.63, 3.8) is 0 Å². The van der Waals surface area contributed by atoms with E-state index in [1.165, 1.54) is 17.0 Å². The van der Waals surface area contributed by atoms with Crippen LogP contribution in [-0.4, -0.2) is 42.2 Å². The number of carbonyl (C=O) groups is 2. The van der Waals surface area contributed by atoms with Gasteiger partial charge in [-0.3, -0.25) is 24.6 Å². The number of hydrogen-bond acceptors (Lipinski definition) is 6. The normalized spacial score (nSPS) is 15.4. The zero-order chi connectivity index (χ0) is 21.3. The first-order chi connectivity index (χ1) is 13.7. The summed E-state index contributed by atoms with van der Waals surface area (Å²) in [5.41, 5.74) is 3.11. The molecular formula is C19H17N3O5S2. The van der Waals surface area contributed by atoms with Crippen LogP contribution >= 0.6 is 24.0 Å². The van der Waals surface area contributed by atoms with E-state index in [1.807, 2.05) is 24.5 Å². The van der Waals surface area contributed by atoms with Crippen LogP contribution in [0.4, 0.5) is 5.69 Å². The first-order valence-electron chi connectivity index (χ1n) is 8.60. The molecule has 150 valence electrons. The van der Waals surface area contributed by atoms with Gasteiger partial charge in [0.2, 0.25) is 0 Å². The number of nitro groups is 1. The summed E-state index contributed by atoms with van der Waals surface area (Å²) < 4.78 is 2.21. The molecule has 0 unspecified atom stereocenters. The van der Waals surface area contributed by atoms with Crippen LogP contribution in [0.25, 0.3) is 11.8 Å². The maximum absolute atomic E-state index is 12.6. The summed E-state index contributed by atoms with van der Waals surface area (Å²) in [6, 6.07) is 8.22. The van der Waals surface area contributed by atoms with Crippen molar-refractivity contribution in [2.24, 2.45) is 0 Å². The van der Waals surface area contributed by atoms with E-state index < -0.39 is 10.9 Å². The maximum atomic E-state index is 12.6. The smallest absolute Gasteiger partial charge is 0.305 e. The van der Waals surface area contributed by atoms with Gasteiger partial charge in [-0.05, 0) is 37.6 Å². The van der Waals surface area contributed by atoms with Crippen molar-refractivity contribution in [2.45, 2.75) is 20.3 Å². The highest BCUT2D eigenvalue weighted by Gasteiger charge is 2.32. The molecule has 1 fully saturated rings. The Labute approximate surface area is 176 Å². The van der Waals surface area contributed by atoms with E-state index in [0.29, 0.717) is 14.9 Å². The Morgan fingerprint density at radius 3 is 2.72 bits per heavy atom. The van der Waals surface area contributed by atoms with Gasteiger partial charge in [0, 0.05) is 30.1 Å². The van der Waals surface area contributed by atoms with Gasteiger partial charge in [0.1, 0.15) is 4.32 Å². The van der Waals surface area contributed by atoms with Crippen LogP contribution in [0.15, 0.2) is 35.2 Å². The molecule has 0 aliphatic carbocycles. The second-order valence-corrected chi connectivity index (χ2v) is 8.09. The number of benzene rings is 1. The third kappa shape index (κ3) is 4.22. The Bertz CT molecular complexity index is 1070. The molecule has 1 aromatic heterocycles. The number of nitro benzene ring substituents is 1. The van der Waals surface area contributed by atoms with E-state index in [-0.39, 0.29) is 24.6 Å². The fourth-order valence-electron chi connectivity index (χ4n) is 3.12. The monoisotopic (exact) mass is 431 g/mol. The number of non-ortho nitro benzene ring substituents is 1. The fourth-order valence-corrected chi connectivity index (χ4v) is 4.42. The molecule has 0 spiro atoms. The lowest BCUT2D eigenvalue weighted by Crippen LogP contribution is -2.30. The average Bonchev–Trinajstić information content (AvgIpc) is 3.08. The molecular weight excluding hydrogens is 414 g/mol. The number of rotatable bonds is 6. The van der Waals surface area contributed by atoms with Crippen molar-refractivity contribution in [1.82, 2.24) is 9.47 Å². The van der Waals surface area contributed by atoms with Crippen LogP contribution < -0.4 is 0 Å². The minimum absolute atomic E-state index is 0.00384. The fraction of sp³-hybridized carbons (Fsp3) is 0.211. The lowest BCUT2D eigenvalue weighted by molar-refractivity contribution is -0.384. The van der Waals surface area contributed by atoms with E-state index in [4.69, 9.17) is 17.3 Å². The number of hydrogen-bond donors (Lipinski definition) is 1. The Hall–Kier alpha value is -2.98. The first-order valence-corrected chi connectivity index (χ1v) is 9.82. The second-order valence-electron chi connectivity index (χ2n) is 6.42. The van der Waals surface area contributed by atoms with E-state index in [1.54, 1.807) is 18.2 Å². The molecule has 8 nitrogen and oxygen atoms in total.